The maximum atomic E-state index is 13.6. The highest BCUT2D eigenvalue weighted by Crippen LogP contribution is 2.42. The highest BCUT2D eigenvalue weighted by molar-refractivity contribution is 5.88. The van der Waals surface area contributed by atoms with Crippen molar-refractivity contribution in [3.63, 3.8) is 0 Å². The SMILES string of the molecule is CC1=NONC1CNc1nc(C2CC2)nc(N2CCC(F)(F)C2)c1N. The van der Waals surface area contributed by atoms with Crippen molar-refractivity contribution in [3.05, 3.63) is 5.82 Å². The van der Waals surface area contributed by atoms with Crippen LogP contribution in [0, 0.1) is 0 Å². The van der Waals surface area contributed by atoms with E-state index in [4.69, 9.17) is 10.7 Å². The molecule has 3 aliphatic rings. The van der Waals surface area contributed by atoms with Crippen molar-refractivity contribution >= 4 is 23.0 Å². The number of hydrogen-bond acceptors (Lipinski definition) is 8. The van der Waals surface area contributed by atoms with E-state index in [2.05, 4.69) is 25.9 Å². The Morgan fingerprint density at radius 2 is 2.20 bits per heavy atom. The third-order valence-corrected chi connectivity index (χ3v) is 4.72. The quantitative estimate of drug-likeness (QED) is 0.737. The van der Waals surface area contributed by atoms with Gasteiger partial charge in [0.25, 0.3) is 5.92 Å². The second-order valence-corrected chi connectivity index (χ2v) is 6.84. The van der Waals surface area contributed by atoms with Crippen LogP contribution in [-0.2, 0) is 4.94 Å². The molecule has 0 spiro atoms. The van der Waals surface area contributed by atoms with Crippen molar-refractivity contribution in [1.82, 2.24) is 15.4 Å². The molecule has 0 bridgehead atoms. The lowest BCUT2D eigenvalue weighted by atomic mass is 10.2. The van der Waals surface area contributed by atoms with Crippen LogP contribution >= 0.6 is 0 Å². The fourth-order valence-electron chi connectivity index (χ4n) is 2.99. The smallest absolute Gasteiger partial charge is 0.266 e. The van der Waals surface area contributed by atoms with Crippen LogP contribution in [0.3, 0.4) is 0 Å². The maximum Gasteiger partial charge on any atom is 0.266 e. The number of rotatable bonds is 5. The Bertz CT molecular complexity index is 707. The molecule has 0 aromatic carbocycles. The first-order valence-corrected chi connectivity index (χ1v) is 8.43. The lowest BCUT2D eigenvalue weighted by molar-refractivity contribution is 0.0257. The minimum atomic E-state index is -2.70. The van der Waals surface area contributed by atoms with Crippen molar-refractivity contribution in [2.45, 2.75) is 44.1 Å². The third-order valence-electron chi connectivity index (χ3n) is 4.72. The first-order valence-electron chi connectivity index (χ1n) is 8.43. The highest BCUT2D eigenvalue weighted by atomic mass is 19.3. The van der Waals surface area contributed by atoms with Gasteiger partial charge in [-0.05, 0) is 19.8 Å². The topological polar surface area (TPSA) is 101 Å². The molecule has 8 nitrogen and oxygen atoms in total. The standard InChI is InChI=1S/C15H21F2N7O/c1-8-10(23-25-22-8)6-19-13-11(18)14(21-12(20-13)9-2-3-9)24-5-4-15(16,17)7-24/h9-10,23H,2-7,18H2,1H3,(H,19,20,21). The molecule has 2 fully saturated rings. The normalized spacial score (nSPS) is 25.0. The summed E-state index contributed by atoms with van der Waals surface area (Å²) in [5.74, 6) is -0.868. The number of nitrogens with zero attached hydrogens (tertiary/aromatic N) is 4. The van der Waals surface area contributed by atoms with E-state index in [9.17, 15) is 8.78 Å². The average molecular weight is 353 g/mol. The average Bonchev–Trinajstić information content (AvgIpc) is 3.24. The molecule has 1 unspecified atom stereocenters. The van der Waals surface area contributed by atoms with Crippen molar-refractivity contribution < 1.29 is 13.7 Å². The lowest BCUT2D eigenvalue weighted by Crippen LogP contribution is -2.35. The van der Waals surface area contributed by atoms with E-state index in [1.165, 1.54) is 0 Å². The molecular weight excluding hydrogens is 332 g/mol. The zero-order valence-corrected chi connectivity index (χ0v) is 13.9. The van der Waals surface area contributed by atoms with Gasteiger partial charge in [0.15, 0.2) is 11.6 Å². The fourth-order valence-corrected chi connectivity index (χ4v) is 2.99. The van der Waals surface area contributed by atoms with Crippen molar-refractivity contribution in [1.29, 1.82) is 0 Å². The first-order chi connectivity index (χ1) is 11.9. The van der Waals surface area contributed by atoms with Gasteiger partial charge in [-0.2, -0.15) is 0 Å². The van der Waals surface area contributed by atoms with Gasteiger partial charge in [-0.3, -0.25) is 4.94 Å². The van der Waals surface area contributed by atoms with Crippen molar-refractivity contribution in [3.8, 4) is 0 Å². The summed E-state index contributed by atoms with van der Waals surface area (Å²) in [7, 11) is 0. The van der Waals surface area contributed by atoms with E-state index in [0.29, 0.717) is 35.6 Å². The van der Waals surface area contributed by atoms with Gasteiger partial charge in [0.2, 0.25) is 0 Å². The Morgan fingerprint density at radius 1 is 1.40 bits per heavy atom. The molecule has 0 amide bonds. The van der Waals surface area contributed by atoms with Crippen LogP contribution in [0.1, 0.15) is 37.9 Å². The summed E-state index contributed by atoms with van der Waals surface area (Å²) in [5.41, 5.74) is 10.1. The zero-order chi connectivity index (χ0) is 17.6. The number of halogens is 2. The van der Waals surface area contributed by atoms with Gasteiger partial charge in [-0.25, -0.2) is 18.7 Å². The second kappa shape index (κ2) is 5.94. The molecule has 10 heteroatoms. The maximum absolute atomic E-state index is 13.6. The molecular formula is C15H21F2N7O. The van der Waals surface area contributed by atoms with Gasteiger partial charge in [-0.15, -0.1) is 5.48 Å². The Kier molecular flexibility index (Phi) is 3.86. The summed E-state index contributed by atoms with van der Waals surface area (Å²) < 4.78 is 27.2. The monoisotopic (exact) mass is 353 g/mol. The molecule has 25 heavy (non-hydrogen) atoms. The van der Waals surface area contributed by atoms with E-state index in [1.54, 1.807) is 4.90 Å². The van der Waals surface area contributed by atoms with Gasteiger partial charge in [-0.1, -0.05) is 5.16 Å². The van der Waals surface area contributed by atoms with Crippen LogP contribution < -0.4 is 21.4 Å². The number of hydroxylamine groups is 1. The van der Waals surface area contributed by atoms with Crippen LogP contribution in [0.2, 0.25) is 0 Å². The van der Waals surface area contributed by atoms with E-state index < -0.39 is 5.92 Å². The minimum absolute atomic E-state index is 0.0988. The van der Waals surface area contributed by atoms with Crippen LogP contribution in [0.4, 0.5) is 26.1 Å². The molecule has 1 aromatic heterocycles. The molecule has 1 saturated heterocycles. The van der Waals surface area contributed by atoms with E-state index in [0.717, 1.165) is 18.6 Å². The molecule has 1 aromatic rings. The summed E-state index contributed by atoms with van der Waals surface area (Å²) in [6, 6.07) is -0.0988. The number of aromatic nitrogens is 2. The van der Waals surface area contributed by atoms with Crippen LogP contribution in [0.15, 0.2) is 5.16 Å². The van der Waals surface area contributed by atoms with Gasteiger partial charge >= 0.3 is 0 Å². The molecule has 4 N–H and O–H groups in total. The highest BCUT2D eigenvalue weighted by Gasteiger charge is 2.40. The second-order valence-electron chi connectivity index (χ2n) is 6.84. The molecule has 136 valence electrons. The van der Waals surface area contributed by atoms with Gasteiger partial charge in [0.1, 0.15) is 17.6 Å². The lowest BCUT2D eigenvalue weighted by Gasteiger charge is -2.22. The summed E-state index contributed by atoms with van der Waals surface area (Å²) >= 11 is 0. The molecule has 1 saturated carbocycles. The van der Waals surface area contributed by atoms with E-state index in [1.807, 2.05) is 6.92 Å². The van der Waals surface area contributed by atoms with Gasteiger partial charge in [0.05, 0.1) is 12.3 Å². The Hall–Kier alpha value is -2.23. The largest absolute Gasteiger partial charge is 0.393 e. The number of hydrogen-bond donors (Lipinski definition) is 3. The summed E-state index contributed by atoms with van der Waals surface area (Å²) in [4.78, 5) is 15.4. The van der Waals surface area contributed by atoms with E-state index in [-0.39, 0.29) is 25.6 Å². The summed E-state index contributed by atoms with van der Waals surface area (Å²) in [6.45, 7) is 2.20. The third kappa shape index (κ3) is 3.30. The van der Waals surface area contributed by atoms with Crippen molar-refractivity contribution in [2.24, 2.45) is 5.16 Å². The van der Waals surface area contributed by atoms with Crippen molar-refractivity contribution in [2.75, 3.05) is 35.6 Å². The number of alkyl halides is 2. The fraction of sp³-hybridized carbons (Fsp3) is 0.667. The number of nitrogens with two attached hydrogens (primary N) is 1. The van der Waals surface area contributed by atoms with E-state index >= 15 is 0 Å². The minimum Gasteiger partial charge on any atom is -0.393 e. The van der Waals surface area contributed by atoms with Crippen LogP contribution in [-0.4, -0.2) is 47.3 Å². The molecule has 1 atom stereocenters. The first kappa shape index (κ1) is 16.2. The Balaban J connectivity index is 1.58. The molecule has 0 radical (unpaired) electrons. The van der Waals surface area contributed by atoms with Crippen LogP contribution in [0.25, 0.3) is 0 Å². The number of anilines is 3. The van der Waals surface area contributed by atoms with Crippen LogP contribution in [0.5, 0.6) is 0 Å². The predicted molar refractivity (Wildman–Crippen MR) is 89.8 cm³/mol. The van der Waals surface area contributed by atoms with Gasteiger partial charge in [0, 0.05) is 25.4 Å². The number of nitrogen functional groups attached to an aromatic ring is 1. The Morgan fingerprint density at radius 3 is 2.80 bits per heavy atom. The predicted octanol–water partition coefficient (Wildman–Crippen LogP) is 1.47. The number of oxime groups is 1. The number of nitrogens with one attached hydrogen (secondary N) is 2. The summed E-state index contributed by atoms with van der Waals surface area (Å²) in [5, 5.41) is 6.99. The molecule has 4 rings (SSSR count). The summed E-state index contributed by atoms with van der Waals surface area (Å²) in [6.07, 6.45) is 1.85. The zero-order valence-electron chi connectivity index (χ0n) is 13.9. The molecule has 1 aliphatic carbocycles. The molecule has 3 heterocycles. The van der Waals surface area contributed by atoms with Gasteiger partial charge < -0.3 is 16.0 Å². The molecule has 2 aliphatic heterocycles. The Labute approximate surface area is 143 Å².